The molecule has 6 heteroatoms. The van der Waals surface area contributed by atoms with E-state index >= 15 is 0 Å². The molecule has 3 nitrogen and oxygen atoms in total. The van der Waals surface area contributed by atoms with Gasteiger partial charge in [-0.3, -0.25) is 0 Å². The Hall–Kier alpha value is -3.85. The Bertz CT molecular complexity index is 1300. The smallest absolute Gasteiger partial charge is 0.205 e. The van der Waals surface area contributed by atoms with Crippen LogP contribution in [0.25, 0.3) is 21.9 Å². The van der Waals surface area contributed by atoms with E-state index in [1.54, 1.807) is 18.2 Å². The Balaban J connectivity index is 1.58. The van der Waals surface area contributed by atoms with E-state index in [1.165, 1.54) is 24.5 Å². The van der Waals surface area contributed by atoms with Gasteiger partial charge in [-0.2, -0.15) is 0 Å². The minimum absolute atomic E-state index is 0.149. The quantitative estimate of drug-likeness (QED) is 0.275. The minimum Gasteiger partial charge on any atom is -0.493 e. The van der Waals surface area contributed by atoms with E-state index in [-0.39, 0.29) is 28.5 Å². The molecule has 0 amide bonds. The number of hydrogen-bond acceptors (Lipinski definition) is 3. The number of unbranched alkanes of at least 4 members (excludes halogenated alkanes) is 1. The fraction of sp³-hybridized carbons (Fsp3) is 0.154. The van der Waals surface area contributed by atoms with Crippen molar-refractivity contribution in [3.63, 3.8) is 0 Å². The summed E-state index contributed by atoms with van der Waals surface area (Å²) < 4.78 is 47.9. The molecule has 0 aliphatic rings. The SMILES string of the molecule is CCCCOc1cc(F)c(-c2cnc(C#Cc3cccc4cc(F)ccc34)nc2)c(F)c1. The lowest BCUT2D eigenvalue weighted by molar-refractivity contribution is 0.306. The van der Waals surface area contributed by atoms with Gasteiger partial charge in [0.1, 0.15) is 23.2 Å². The molecule has 0 saturated carbocycles. The van der Waals surface area contributed by atoms with E-state index in [4.69, 9.17) is 4.74 Å². The van der Waals surface area contributed by atoms with Crippen LogP contribution in [0.15, 0.2) is 60.9 Å². The third-order valence-corrected chi connectivity index (χ3v) is 4.87. The Kier molecular flexibility index (Phi) is 6.37. The van der Waals surface area contributed by atoms with Gasteiger partial charge in [0.25, 0.3) is 0 Å². The fourth-order valence-electron chi connectivity index (χ4n) is 3.25. The molecule has 0 bridgehead atoms. The van der Waals surface area contributed by atoms with Crippen molar-refractivity contribution in [2.45, 2.75) is 19.8 Å². The van der Waals surface area contributed by atoms with Crippen LogP contribution in [0, 0.1) is 29.3 Å². The Labute approximate surface area is 183 Å². The molecule has 1 aromatic heterocycles. The van der Waals surface area contributed by atoms with E-state index in [9.17, 15) is 13.2 Å². The summed E-state index contributed by atoms with van der Waals surface area (Å²) in [5.41, 5.74) is 0.681. The fourth-order valence-corrected chi connectivity index (χ4v) is 3.25. The first kappa shape index (κ1) is 21.4. The highest BCUT2D eigenvalue weighted by molar-refractivity contribution is 5.88. The summed E-state index contributed by atoms with van der Waals surface area (Å²) in [6.45, 7) is 2.40. The summed E-state index contributed by atoms with van der Waals surface area (Å²) in [4.78, 5) is 8.24. The zero-order valence-corrected chi connectivity index (χ0v) is 17.3. The van der Waals surface area contributed by atoms with E-state index in [2.05, 4.69) is 21.8 Å². The lowest BCUT2D eigenvalue weighted by atomic mass is 10.0. The molecule has 0 fully saturated rings. The maximum absolute atomic E-state index is 14.5. The van der Waals surface area contributed by atoms with Crippen LogP contribution in [0.3, 0.4) is 0 Å². The first-order valence-electron chi connectivity index (χ1n) is 10.2. The average Bonchev–Trinajstić information content (AvgIpc) is 2.78. The van der Waals surface area contributed by atoms with Crippen molar-refractivity contribution in [2.24, 2.45) is 0 Å². The van der Waals surface area contributed by atoms with Gasteiger partial charge in [0.05, 0.1) is 12.2 Å². The molecule has 0 atom stereocenters. The summed E-state index contributed by atoms with van der Waals surface area (Å²) >= 11 is 0. The molecule has 160 valence electrons. The second-order valence-electron chi connectivity index (χ2n) is 7.18. The molecular weight excluding hydrogens is 413 g/mol. The van der Waals surface area contributed by atoms with Crippen LogP contribution in [-0.4, -0.2) is 16.6 Å². The normalized spacial score (nSPS) is 10.6. The number of ether oxygens (including phenoxy) is 1. The first-order chi connectivity index (χ1) is 15.5. The van der Waals surface area contributed by atoms with Gasteiger partial charge in [-0.1, -0.05) is 37.5 Å². The molecule has 0 N–H and O–H groups in total. The molecule has 0 aliphatic heterocycles. The average molecular weight is 432 g/mol. The van der Waals surface area contributed by atoms with E-state index in [0.29, 0.717) is 12.2 Å². The maximum Gasteiger partial charge on any atom is 0.205 e. The van der Waals surface area contributed by atoms with Gasteiger partial charge in [-0.25, -0.2) is 23.1 Å². The molecular formula is C26H19F3N2O. The number of hydrogen-bond donors (Lipinski definition) is 0. The molecule has 3 aromatic carbocycles. The second-order valence-corrected chi connectivity index (χ2v) is 7.18. The molecule has 32 heavy (non-hydrogen) atoms. The molecule has 4 rings (SSSR count). The topological polar surface area (TPSA) is 35.0 Å². The van der Waals surface area contributed by atoms with Crippen LogP contribution in [-0.2, 0) is 0 Å². The van der Waals surface area contributed by atoms with Crippen molar-refractivity contribution in [2.75, 3.05) is 6.61 Å². The lowest BCUT2D eigenvalue weighted by Gasteiger charge is -2.09. The van der Waals surface area contributed by atoms with E-state index < -0.39 is 11.6 Å². The number of halogens is 3. The molecule has 1 heterocycles. The van der Waals surface area contributed by atoms with Gasteiger partial charge >= 0.3 is 0 Å². The molecule has 0 radical (unpaired) electrons. The second kappa shape index (κ2) is 9.52. The summed E-state index contributed by atoms with van der Waals surface area (Å²) in [7, 11) is 0. The summed E-state index contributed by atoms with van der Waals surface area (Å²) in [6, 6.07) is 12.2. The van der Waals surface area contributed by atoms with Crippen LogP contribution in [0.4, 0.5) is 13.2 Å². The summed E-state index contributed by atoms with van der Waals surface area (Å²) in [6.07, 6.45) is 4.38. The zero-order chi connectivity index (χ0) is 22.5. The molecule has 0 spiro atoms. The predicted octanol–water partition coefficient (Wildman–Crippen LogP) is 6.29. The van der Waals surface area contributed by atoms with Crippen molar-refractivity contribution in [3.05, 3.63) is 89.8 Å². The highest BCUT2D eigenvalue weighted by atomic mass is 19.1. The van der Waals surface area contributed by atoms with E-state index in [0.717, 1.165) is 35.7 Å². The van der Waals surface area contributed by atoms with Gasteiger partial charge in [0.15, 0.2) is 0 Å². The van der Waals surface area contributed by atoms with Crippen molar-refractivity contribution in [3.8, 4) is 28.7 Å². The van der Waals surface area contributed by atoms with E-state index in [1.807, 2.05) is 13.0 Å². The number of fused-ring (bicyclic) bond motifs is 1. The highest BCUT2D eigenvalue weighted by Gasteiger charge is 2.15. The first-order valence-corrected chi connectivity index (χ1v) is 10.2. The zero-order valence-electron chi connectivity index (χ0n) is 17.3. The Morgan fingerprint density at radius 1 is 0.906 bits per heavy atom. The molecule has 4 aromatic rings. The van der Waals surface area contributed by atoms with Gasteiger partial charge in [-0.15, -0.1) is 0 Å². The van der Waals surface area contributed by atoms with Gasteiger partial charge in [0.2, 0.25) is 5.82 Å². The van der Waals surface area contributed by atoms with Crippen LogP contribution in [0.1, 0.15) is 31.2 Å². The minimum atomic E-state index is -0.748. The molecule has 0 saturated heterocycles. The third kappa shape index (κ3) is 4.73. The van der Waals surface area contributed by atoms with Crippen LogP contribution < -0.4 is 4.74 Å². The van der Waals surface area contributed by atoms with Gasteiger partial charge in [-0.05, 0) is 41.3 Å². The van der Waals surface area contributed by atoms with Crippen molar-refractivity contribution in [1.82, 2.24) is 9.97 Å². The van der Waals surface area contributed by atoms with Crippen molar-refractivity contribution in [1.29, 1.82) is 0 Å². The maximum atomic E-state index is 14.5. The van der Waals surface area contributed by atoms with Gasteiger partial charge in [0, 0.05) is 35.7 Å². The largest absolute Gasteiger partial charge is 0.493 e. The number of rotatable bonds is 5. The monoisotopic (exact) mass is 432 g/mol. The van der Waals surface area contributed by atoms with Crippen molar-refractivity contribution >= 4 is 10.8 Å². The van der Waals surface area contributed by atoms with Crippen LogP contribution >= 0.6 is 0 Å². The van der Waals surface area contributed by atoms with Crippen LogP contribution in [0.5, 0.6) is 5.75 Å². The number of benzene rings is 3. The Morgan fingerprint density at radius 3 is 2.38 bits per heavy atom. The van der Waals surface area contributed by atoms with Crippen LogP contribution in [0.2, 0.25) is 0 Å². The van der Waals surface area contributed by atoms with Crippen molar-refractivity contribution < 1.29 is 17.9 Å². The summed E-state index contributed by atoms with van der Waals surface area (Å²) in [5.74, 6) is 4.35. The lowest BCUT2D eigenvalue weighted by Crippen LogP contribution is -2.00. The molecule has 0 aliphatic carbocycles. The number of aromatic nitrogens is 2. The highest BCUT2D eigenvalue weighted by Crippen LogP contribution is 2.29. The molecule has 0 unspecified atom stereocenters. The predicted molar refractivity (Wildman–Crippen MR) is 118 cm³/mol. The number of nitrogens with zero attached hydrogens (tertiary/aromatic N) is 2. The van der Waals surface area contributed by atoms with Gasteiger partial charge < -0.3 is 4.74 Å². The third-order valence-electron chi connectivity index (χ3n) is 4.87. The Morgan fingerprint density at radius 2 is 1.66 bits per heavy atom. The summed E-state index contributed by atoms with van der Waals surface area (Å²) in [5, 5.41) is 1.55. The standard InChI is InChI=1S/C26H19F3N2O/c1-2-3-11-32-21-13-23(28)26(24(29)14-21)19-15-30-25(31-16-19)10-7-17-5-4-6-18-12-20(27)8-9-22(17)18/h4-6,8-9,12-16H,2-3,11H2,1H3.